The van der Waals surface area contributed by atoms with Gasteiger partial charge in [-0.3, -0.25) is 0 Å². The molecule has 5 heteroatoms. The third kappa shape index (κ3) is 1.96. The number of benzene rings is 1. The van der Waals surface area contributed by atoms with Gasteiger partial charge in [0, 0.05) is 10.6 Å². The molecular formula is C10H8ClF3O. The third-order valence-electron chi connectivity index (χ3n) is 2.52. The van der Waals surface area contributed by atoms with Crippen LogP contribution in [-0.2, 0) is 11.8 Å². The lowest BCUT2D eigenvalue weighted by Crippen LogP contribution is -2.09. The van der Waals surface area contributed by atoms with Gasteiger partial charge in [0.25, 0.3) is 0 Å². The highest BCUT2D eigenvalue weighted by atomic mass is 35.5. The molecule has 0 heterocycles. The quantitative estimate of drug-likeness (QED) is 0.793. The predicted octanol–water partition coefficient (Wildman–Crippen LogP) is 3.34. The lowest BCUT2D eigenvalue weighted by molar-refractivity contribution is -0.137. The molecule has 0 aromatic heterocycles. The minimum Gasteiger partial charge on any atom is -0.385 e. The summed E-state index contributed by atoms with van der Waals surface area (Å²) in [6, 6.07) is 3.04. The molecule has 1 aromatic carbocycles. The summed E-state index contributed by atoms with van der Waals surface area (Å²) in [7, 11) is 0. The van der Waals surface area contributed by atoms with Crippen molar-refractivity contribution in [1.82, 2.24) is 0 Å². The molecule has 1 saturated carbocycles. The van der Waals surface area contributed by atoms with E-state index < -0.39 is 17.3 Å². The summed E-state index contributed by atoms with van der Waals surface area (Å²) < 4.78 is 36.9. The molecule has 1 N–H and O–H groups in total. The van der Waals surface area contributed by atoms with Crippen LogP contribution in [0.3, 0.4) is 0 Å². The van der Waals surface area contributed by atoms with Crippen molar-refractivity contribution < 1.29 is 18.3 Å². The van der Waals surface area contributed by atoms with Gasteiger partial charge in [0.05, 0.1) is 11.2 Å². The van der Waals surface area contributed by atoms with E-state index in [2.05, 4.69) is 0 Å². The van der Waals surface area contributed by atoms with Crippen molar-refractivity contribution in [2.24, 2.45) is 0 Å². The Bertz CT molecular complexity index is 396. The van der Waals surface area contributed by atoms with Gasteiger partial charge in [-0.2, -0.15) is 13.2 Å². The summed E-state index contributed by atoms with van der Waals surface area (Å²) >= 11 is 5.70. The molecule has 1 fully saturated rings. The Labute approximate surface area is 89.5 Å². The Hall–Kier alpha value is -0.740. The minimum absolute atomic E-state index is 0.0233. The molecular weight excluding hydrogens is 229 g/mol. The van der Waals surface area contributed by atoms with Crippen LogP contribution < -0.4 is 0 Å². The SMILES string of the molecule is OC1(c2ccc(C(F)(F)F)cc2Cl)CC1. The summed E-state index contributed by atoms with van der Waals surface area (Å²) in [4.78, 5) is 0. The van der Waals surface area contributed by atoms with Crippen molar-refractivity contribution in [2.75, 3.05) is 0 Å². The van der Waals surface area contributed by atoms with Crippen molar-refractivity contribution >= 4 is 11.6 Å². The highest BCUT2D eigenvalue weighted by Gasteiger charge is 2.44. The number of hydrogen-bond donors (Lipinski definition) is 1. The maximum absolute atomic E-state index is 12.3. The molecule has 0 radical (unpaired) electrons. The van der Waals surface area contributed by atoms with Crippen LogP contribution in [0.4, 0.5) is 13.2 Å². The van der Waals surface area contributed by atoms with E-state index in [4.69, 9.17) is 11.6 Å². The fourth-order valence-electron chi connectivity index (χ4n) is 1.46. The lowest BCUT2D eigenvalue weighted by atomic mass is 10.1. The average molecular weight is 237 g/mol. The van der Waals surface area contributed by atoms with Gasteiger partial charge in [-0.1, -0.05) is 17.7 Å². The Morgan fingerprint density at radius 1 is 1.27 bits per heavy atom. The molecule has 0 bridgehead atoms. The van der Waals surface area contributed by atoms with Gasteiger partial charge in [-0.25, -0.2) is 0 Å². The number of alkyl halides is 3. The summed E-state index contributed by atoms with van der Waals surface area (Å²) in [5.41, 5.74) is -1.40. The van der Waals surface area contributed by atoms with Crippen molar-refractivity contribution in [3.8, 4) is 0 Å². The van der Waals surface area contributed by atoms with Crippen LogP contribution in [-0.4, -0.2) is 5.11 Å². The van der Waals surface area contributed by atoms with Gasteiger partial charge in [-0.05, 0) is 25.0 Å². The molecule has 1 nitrogen and oxygen atoms in total. The number of aliphatic hydroxyl groups is 1. The maximum Gasteiger partial charge on any atom is 0.416 e. The third-order valence-corrected chi connectivity index (χ3v) is 2.83. The van der Waals surface area contributed by atoms with Gasteiger partial charge in [-0.15, -0.1) is 0 Å². The highest BCUT2D eigenvalue weighted by molar-refractivity contribution is 6.31. The van der Waals surface area contributed by atoms with Gasteiger partial charge >= 0.3 is 6.18 Å². The Balaban J connectivity index is 2.40. The minimum atomic E-state index is -4.39. The van der Waals surface area contributed by atoms with Crippen LogP contribution in [0.5, 0.6) is 0 Å². The van der Waals surface area contributed by atoms with Crippen LogP contribution in [0.2, 0.25) is 5.02 Å². The van der Waals surface area contributed by atoms with Crippen molar-refractivity contribution in [3.05, 3.63) is 34.3 Å². The van der Waals surface area contributed by atoms with Crippen molar-refractivity contribution in [1.29, 1.82) is 0 Å². The molecule has 1 aromatic rings. The molecule has 0 aliphatic heterocycles. The van der Waals surface area contributed by atoms with E-state index in [9.17, 15) is 18.3 Å². The van der Waals surface area contributed by atoms with Crippen LogP contribution in [0.1, 0.15) is 24.0 Å². The summed E-state index contributed by atoms with van der Waals surface area (Å²) in [5, 5.41) is 9.69. The molecule has 0 spiro atoms. The summed E-state index contributed by atoms with van der Waals surface area (Å²) in [6.45, 7) is 0. The molecule has 2 rings (SSSR count). The largest absolute Gasteiger partial charge is 0.416 e. The molecule has 0 saturated heterocycles. The van der Waals surface area contributed by atoms with Gasteiger partial charge in [0.1, 0.15) is 0 Å². The number of hydrogen-bond acceptors (Lipinski definition) is 1. The predicted molar refractivity (Wildman–Crippen MR) is 49.6 cm³/mol. The topological polar surface area (TPSA) is 20.2 Å². The van der Waals surface area contributed by atoms with Crippen LogP contribution in [0.25, 0.3) is 0 Å². The van der Waals surface area contributed by atoms with E-state index >= 15 is 0 Å². The molecule has 82 valence electrons. The van der Waals surface area contributed by atoms with Crippen molar-refractivity contribution in [2.45, 2.75) is 24.6 Å². The molecule has 1 aliphatic carbocycles. The maximum atomic E-state index is 12.3. The van der Waals surface area contributed by atoms with E-state index in [0.29, 0.717) is 18.4 Å². The molecule has 0 unspecified atom stereocenters. The second kappa shape index (κ2) is 3.12. The number of rotatable bonds is 1. The molecule has 0 amide bonds. The van der Waals surface area contributed by atoms with Gasteiger partial charge in [0.2, 0.25) is 0 Å². The monoisotopic (exact) mass is 236 g/mol. The Morgan fingerprint density at radius 2 is 1.87 bits per heavy atom. The van der Waals surface area contributed by atoms with E-state index in [1.807, 2.05) is 0 Å². The smallest absolute Gasteiger partial charge is 0.385 e. The highest BCUT2D eigenvalue weighted by Crippen LogP contribution is 2.48. The van der Waals surface area contributed by atoms with E-state index in [-0.39, 0.29) is 5.02 Å². The zero-order valence-electron chi connectivity index (χ0n) is 7.61. The van der Waals surface area contributed by atoms with Gasteiger partial charge in [0.15, 0.2) is 0 Å². The summed E-state index contributed by atoms with van der Waals surface area (Å²) in [6.07, 6.45) is -3.29. The summed E-state index contributed by atoms with van der Waals surface area (Å²) in [5.74, 6) is 0. The zero-order chi connectivity index (χ0) is 11.3. The Morgan fingerprint density at radius 3 is 2.27 bits per heavy atom. The van der Waals surface area contributed by atoms with Crippen LogP contribution in [0.15, 0.2) is 18.2 Å². The number of halogens is 4. The molecule has 15 heavy (non-hydrogen) atoms. The standard InChI is InChI=1S/C10H8ClF3O/c11-8-5-6(10(12,13)14)1-2-7(8)9(15)3-4-9/h1-2,5,15H,3-4H2. The lowest BCUT2D eigenvalue weighted by Gasteiger charge is -2.13. The van der Waals surface area contributed by atoms with Crippen LogP contribution >= 0.6 is 11.6 Å². The second-order valence-electron chi connectivity index (χ2n) is 3.72. The fourth-order valence-corrected chi connectivity index (χ4v) is 1.81. The van der Waals surface area contributed by atoms with E-state index in [1.165, 1.54) is 6.07 Å². The first-order valence-electron chi connectivity index (χ1n) is 4.42. The Kier molecular flexibility index (Phi) is 2.24. The second-order valence-corrected chi connectivity index (χ2v) is 4.13. The van der Waals surface area contributed by atoms with Crippen molar-refractivity contribution in [3.63, 3.8) is 0 Å². The zero-order valence-corrected chi connectivity index (χ0v) is 8.36. The van der Waals surface area contributed by atoms with E-state index in [1.54, 1.807) is 0 Å². The van der Waals surface area contributed by atoms with Gasteiger partial charge < -0.3 is 5.11 Å². The average Bonchev–Trinajstić information content (AvgIpc) is 2.82. The van der Waals surface area contributed by atoms with E-state index in [0.717, 1.165) is 12.1 Å². The molecule has 1 aliphatic rings. The van der Waals surface area contributed by atoms with Crippen LogP contribution in [0, 0.1) is 0 Å². The normalized spacial score (nSPS) is 19.0. The fraction of sp³-hybridized carbons (Fsp3) is 0.400. The molecule has 0 atom stereocenters. The first-order valence-corrected chi connectivity index (χ1v) is 4.80. The first kappa shape index (κ1) is 10.8. The first-order chi connectivity index (χ1) is 6.83.